The molecule has 0 aliphatic carbocycles. The number of carbonyl (C=O) groups is 1. The first-order valence-corrected chi connectivity index (χ1v) is 6.57. The molecule has 1 aliphatic rings. The maximum Gasteiger partial charge on any atom is 0.227 e. The lowest BCUT2D eigenvalue weighted by Crippen LogP contribution is -2.52. The van der Waals surface area contributed by atoms with Gasteiger partial charge in [-0.1, -0.05) is 20.8 Å². The number of nitrogens with zero attached hydrogens (tertiary/aromatic N) is 1. The lowest BCUT2D eigenvalue weighted by Gasteiger charge is -2.38. The topological polar surface area (TPSA) is 55.6 Å². The Balaban J connectivity index is 0.00000289. The third-order valence-corrected chi connectivity index (χ3v) is 3.43. The maximum atomic E-state index is 12.3. The van der Waals surface area contributed by atoms with Crippen LogP contribution in [0, 0.1) is 11.8 Å². The third kappa shape index (κ3) is 4.75. The second-order valence-corrected chi connectivity index (χ2v) is 5.54. The molecule has 4 nitrogen and oxygen atoms in total. The summed E-state index contributed by atoms with van der Waals surface area (Å²) in [6.45, 7) is 10.2. The van der Waals surface area contributed by atoms with Gasteiger partial charge in [-0.3, -0.25) is 4.79 Å². The lowest BCUT2D eigenvalue weighted by molar-refractivity contribution is -0.144. The SMILES string of the molecule is CC(C)CC1COCCN1C(=O)C(C)C(C)N.Cl. The van der Waals surface area contributed by atoms with Crippen LogP contribution in [0.25, 0.3) is 0 Å². The van der Waals surface area contributed by atoms with Crippen molar-refractivity contribution in [1.29, 1.82) is 0 Å². The van der Waals surface area contributed by atoms with E-state index in [9.17, 15) is 4.79 Å². The molecule has 5 heteroatoms. The molecule has 18 heavy (non-hydrogen) atoms. The van der Waals surface area contributed by atoms with E-state index in [1.165, 1.54) is 0 Å². The zero-order valence-electron chi connectivity index (χ0n) is 11.9. The standard InChI is InChI=1S/C13H26N2O2.ClH/c1-9(2)7-12-8-17-6-5-15(12)13(16)10(3)11(4)14;/h9-12H,5-8,14H2,1-4H3;1H. The predicted molar refractivity (Wildman–Crippen MR) is 75.8 cm³/mol. The largest absolute Gasteiger partial charge is 0.377 e. The predicted octanol–water partition coefficient (Wildman–Crippen LogP) is 1.66. The van der Waals surface area contributed by atoms with Crippen molar-refractivity contribution in [1.82, 2.24) is 4.90 Å². The summed E-state index contributed by atoms with van der Waals surface area (Å²) in [7, 11) is 0. The molecule has 0 saturated carbocycles. The van der Waals surface area contributed by atoms with Gasteiger partial charge >= 0.3 is 0 Å². The summed E-state index contributed by atoms with van der Waals surface area (Å²) in [6.07, 6.45) is 0.997. The fraction of sp³-hybridized carbons (Fsp3) is 0.923. The highest BCUT2D eigenvalue weighted by Gasteiger charge is 2.31. The third-order valence-electron chi connectivity index (χ3n) is 3.43. The zero-order chi connectivity index (χ0) is 13.0. The second-order valence-electron chi connectivity index (χ2n) is 5.54. The van der Waals surface area contributed by atoms with Crippen LogP contribution in [0.15, 0.2) is 0 Å². The van der Waals surface area contributed by atoms with Gasteiger partial charge in [0.2, 0.25) is 5.91 Å². The monoisotopic (exact) mass is 278 g/mol. The van der Waals surface area contributed by atoms with E-state index < -0.39 is 0 Å². The van der Waals surface area contributed by atoms with E-state index in [0.29, 0.717) is 25.7 Å². The normalized spacial score (nSPS) is 23.4. The molecule has 1 aliphatic heterocycles. The van der Waals surface area contributed by atoms with Gasteiger partial charge in [0, 0.05) is 12.6 Å². The Kier molecular flexibility index (Phi) is 7.83. The molecule has 108 valence electrons. The molecule has 2 N–H and O–H groups in total. The summed E-state index contributed by atoms with van der Waals surface area (Å²) < 4.78 is 5.48. The molecule has 1 rings (SSSR count). The van der Waals surface area contributed by atoms with E-state index in [-0.39, 0.29) is 36.3 Å². The molecular weight excluding hydrogens is 252 g/mol. The average molecular weight is 279 g/mol. The van der Waals surface area contributed by atoms with Gasteiger partial charge in [0.05, 0.1) is 25.2 Å². The van der Waals surface area contributed by atoms with Crippen LogP contribution >= 0.6 is 12.4 Å². The number of nitrogens with two attached hydrogens (primary N) is 1. The molecule has 1 amide bonds. The maximum absolute atomic E-state index is 12.3. The molecule has 0 spiro atoms. The molecule has 3 atom stereocenters. The van der Waals surface area contributed by atoms with Gasteiger partial charge in [-0.15, -0.1) is 12.4 Å². The Morgan fingerprint density at radius 2 is 2.00 bits per heavy atom. The van der Waals surface area contributed by atoms with Gasteiger partial charge in [-0.2, -0.15) is 0 Å². The van der Waals surface area contributed by atoms with Crippen molar-refractivity contribution in [3.8, 4) is 0 Å². The highest BCUT2D eigenvalue weighted by atomic mass is 35.5. The molecule has 0 aromatic heterocycles. The van der Waals surface area contributed by atoms with Crippen LogP contribution in [0.5, 0.6) is 0 Å². The first kappa shape index (κ1) is 17.7. The van der Waals surface area contributed by atoms with Crippen molar-refractivity contribution >= 4 is 18.3 Å². The van der Waals surface area contributed by atoms with Gasteiger partial charge in [-0.05, 0) is 19.3 Å². The van der Waals surface area contributed by atoms with Crippen LogP contribution in [0.1, 0.15) is 34.1 Å². The van der Waals surface area contributed by atoms with Crippen LogP contribution in [0.4, 0.5) is 0 Å². The molecule has 1 saturated heterocycles. The van der Waals surface area contributed by atoms with Crippen LogP contribution in [0.2, 0.25) is 0 Å². The Morgan fingerprint density at radius 1 is 1.39 bits per heavy atom. The molecule has 0 aromatic carbocycles. The summed E-state index contributed by atoms with van der Waals surface area (Å²) in [5.41, 5.74) is 5.81. The average Bonchev–Trinajstić information content (AvgIpc) is 2.27. The van der Waals surface area contributed by atoms with Crippen LogP contribution < -0.4 is 5.73 Å². The van der Waals surface area contributed by atoms with Crippen LogP contribution in [-0.2, 0) is 9.53 Å². The molecular formula is C13H27ClN2O2. The minimum absolute atomic E-state index is 0. The Labute approximate surface area is 117 Å². The van der Waals surface area contributed by atoms with Gasteiger partial charge in [-0.25, -0.2) is 0 Å². The quantitative estimate of drug-likeness (QED) is 0.851. The fourth-order valence-corrected chi connectivity index (χ4v) is 2.17. The molecule has 0 bridgehead atoms. The summed E-state index contributed by atoms with van der Waals surface area (Å²) in [5.74, 6) is 0.638. The van der Waals surface area contributed by atoms with Crippen molar-refractivity contribution in [3.63, 3.8) is 0 Å². The molecule has 3 unspecified atom stereocenters. The highest BCUT2D eigenvalue weighted by molar-refractivity contribution is 5.85. The summed E-state index contributed by atoms with van der Waals surface area (Å²) in [5, 5.41) is 0. The number of halogens is 1. The van der Waals surface area contributed by atoms with E-state index in [1.54, 1.807) is 0 Å². The lowest BCUT2D eigenvalue weighted by atomic mass is 9.98. The number of ether oxygens (including phenoxy) is 1. The van der Waals surface area contributed by atoms with E-state index in [1.807, 2.05) is 18.7 Å². The van der Waals surface area contributed by atoms with Crippen molar-refractivity contribution in [3.05, 3.63) is 0 Å². The summed E-state index contributed by atoms with van der Waals surface area (Å²) in [4.78, 5) is 14.3. The number of amides is 1. The Morgan fingerprint density at radius 3 is 2.50 bits per heavy atom. The summed E-state index contributed by atoms with van der Waals surface area (Å²) in [6, 6.07) is 0.127. The minimum Gasteiger partial charge on any atom is -0.377 e. The summed E-state index contributed by atoms with van der Waals surface area (Å²) >= 11 is 0. The van der Waals surface area contributed by atoms with E-state index >= 15 is 0 Å². The van der Waals surface area contributed by atoms with Crippen molar-refractivity contribution in [2.75, 3.05) is 19.8 Å². The van der Waals surface area contributed by atoms with Gasteiger partial charge < -0.3 is 15.4 Å². The first-order valence-electron chi connectivity index (χ1n) is 6.57. The molecule has 0 aromatic rings. The van der Waals surface area contributed by atoms with E-state index in [2.05, 4.69) is 13.8 Å². The number of hydrogen-bond donors (Lipinski definition) is 1. The van der Waals surface area contributed by atoms with Gasteiger partial charge in [0.25, 0.3) is 0 Å². The smallest absolute Gasteiger partial charge is 0.227 e. The van der Waals surface area contributed by atoms with Crippen molar-refractivity contribution in [2.24, 2.45) is 17.6 Å². The van der Waals surface area contributed by atoms with Gasteiger partial charge in [0.15, 0.2) is 0 Å². The number of carbonyl (C=O) groups excluding carboxylic acids is 1. The molecule has 1 fully saturated rings. The minimum atomic E-state index is -0.109. The van der Waals surface area contributed by atoms with Crippen LogP contribution in [0.3, 0.4) is 0 Å². The highest BCUT2D eigenvalue weighted by Crippen LogP contribution is 2.18. The Bertz CT molecular complexity index is 259. The molecule has 0 radical (unpaired) electrons. The fourth-order valence-electron chi connectivity index (χ4n) is 2.17. The second kappa shape index (κ2) is 7.97. The van der Waals surface area contributed by atoms with Crippen molar-refractivity contribution < 1.29 is 9.53 Å². The van der Waals surface area contributed by atoms with E-state index in [0.717, 1.165) is 6.42 Å². The first-order chi connectivity index (χ1) is 7.93. The number of morpholine rings is 1. The number of rotatable bonds is 4. The Hall–Kier alpha value is -0.320. The number of hydrogen-bond acceptors (Lipinski definition) is 3. The zero-order valence-corrected chi connectivity index (χ0v) is 12.7. The van der Waals surface area contributed by atoms with E-state index in [4.69, 9.17) is 10.5 Å². The van der Waals surface area contributed by atoms with Crippen molar-refractivity contribution in [2.45, 2.75) is 46.2 Å². The van der Waals surface area contributed by atoms with Gasteiger partial charge in [0.1, 0.15) is 0 Å². The van der Waals surface area contributed by atoms with Crippen LogP contribution in [-0.4, -0.2) is 42.6 Å². The molecule has 1 heterocycles.